The molecule has 2 aromatic heterocycles. The highest BCUT2D eigenvalue weighted by molar-refractivity contribution is 6.24. The molecule has 8 aromatic carbocycles. The SMILES string of the molecule is c1ccc(-c2cccc(C3=NC(c4cccc(-c5ccccc5)c4)[N-]C(c4ccc5oc6ccc7c8ccccc8n(-c8ccccc8)c7c6c5c4)N3)c2)cc1. The molecule has 0 saturated carbocycles. The minimum atomic E-state index is -0.426. The van der Waals surface area contributed by atoms with Crippen LogP contribution in [0.2, 0.25) is 0 Å². The summed E-state index contributed by atoms with van der Waals surface area (Å²) >= 11 is 0. The molecule has 2 unspecified atom stereocenters. The summed E-state index contributed by atoms with van der Waals surface area (Å²) in [6.45, 7) is 0. The second-order valence-corrected chi connectivity index (χ2v) is 14.4. The topological polar surface area (TPSA) is 56.6 Å². The van der Waals surface area contributed by atoms with Gasteiger partial charge in [-0.25, -0.2) is 0 Å². The molecule has 0 radical (unpaired) electrons. The zero-order valence-corrected chi connectivity index (χ0v) is 30.4. The van der Waals surface area contributed by atoms with Crippen molar-refractivity contribution in [3.63, 3.8) is 0 Å². The number of rotatable bonds is 6. The Balaban J connectivity index is 1.07. The van der Waals surface area contributed by atoms with Crippen LogP contribution in [0.3, 0.4) is 0 Å². The number of fused-ring (bicyclic) bond motifs is 7. The summed E-state index contributed by atoms with van der Waals surface area (Å²) in [4.78, 5) is 5.30. The van der Waals surface area contributed by atoms with Crippen LogP contribution in [-0.4, -0.2) is 10.4 Å². The zero-order chi connectivity index (χ0) is 37.0. The van der Waals surface area contributed by atoms with Crippen molar-refractivity contribution in [1.29, 1.82) is 0 Å². The van der Waals surface area contributed by atoms with E-state index < -0.39 is 6.17 Å². The number of amidine groups is 1. The van der Waals surface area contributed by atoms with Gasteiger partial charge in [0.15, 0.2) is 0 Å². The lowest BCUT2D eigenvalue weighted by molar-refractivity contribution is 0.630. The molecule has 1 aliphatic rings. The molecule has 11 rings (SSSR count). The molecule has 0 aliphatic carbocycles. The van der Waals surface area contributed by atoms with Crippen LogP contribution < -0.4 is 5.32 Å². The van der Waals surface area contributed by atoms with Crippen molar-refractivity contribution >= 4 is 49.6 Å². The second kappa shape index (κ2) is 13.3. The number of aromatic nitrogens is 1. The van der Waals surface area contributed by atoms with Crippen LogP contribution in [0, 0.1) is 0 Å². The maximum absolute atomic E-state index is 6.59. The highest BCUT2D eigenvalue weighted by Gasteiger charge is 2.22. The minimum absolute atomic E-state index is 0.373. The van der Waals surface area contributed by atoms with Gasteiger partial charge in [0.1, 0.15) is 17.0 Å². The van der Waals surface area contributed by atoms with Gasteiger partial charge in [-0.1, -0.05) is 146 Å². The Morgan fingerprint density at radius 2 is 1.12 bits per heavy atom. The van der Waals surface area contributed by atoms with Gasteiger partial charge in [-0.15, -0.1) is 0 Å². The van der Waals surface area contributed by atoms with Crippen LogP contribution in [0.25, 0.3) is 77.0 Å². The molecule has 1 aliphatic heterocycles. The fourth-order valence-electron chi connectivity index (χ4n) is 8.33. The normalized spacial score (nSPS) is 15.7. The van der Waals surface area contributed by atoms with Crippen LogP contribution >= 0.6 is 0 Å². The van der Waals surface area contributed by atoms with Crippen molar-refractivity contribution in [2.45, 2.75) is 12.3 Å². The average molecular weight is 720 g/mol. The van der Waals surface area contributed by atoms with Crippen LogP contribution in [-0.2, 0) is 0 Å². The molecule has 56 heavy (non-hydrogen) atoms. The van der Waals surface area contributed by atoms with Crippen LogP contribution in [0.15, 0.2) is 204 Å². The molecule has 5 heteroatoms. The number of nitrogens with zero attached hydrogens (tertiary/aromatic N) is 3. The van der Waals surface area contributed by atoms with E-state index in [1.165, 1.54) is 10.8 Å². The smallest absolute Gasteiger partial charge is 0.137 e. The van der Waals surface area contributed by atoms with Gasteiger partial charge in [0, 0.05) is 27.4 Å². The summed E-state index contributed by atoms with van der Waals surface area (Å²) in [5, 5.41) is 13.7. The van der Waals surface area contributed by atoms with Gasteiger partial charge in [0.2, 0.25) is 0 Å². The minimum Gasteiger partial charge on any atom is -0.613 e. The predicted octanol–water partition coefficient (Wildman–Crippen LogP) is 13.1. The van der Waals surface area contributed by atoms with Crippen molar-refractivity contribution in [3.05, 3.63) is 216 Å². The van der Waals surface area contributed by atoms with Crippen molar-refractivity contribution in [2.75, 3.05) is 0 Å². The van der Waals surface area contributed by atoms with Gasteiger partial charge >= 0.3 is 0 Å². The molecule has 0 saturated heterocycles. The van der Waals surface area contributed by atoms with Gasteiger partial charge < -0.3 is 19.6 Å². The number of hydrogen-bond donors (Lipinski definition) is 1. The molecular formula is C51H35N4O-. The standard InChI is InChI=1S/C51H35N4O/c1-4-14-33(15-5-1)35-18-12-20-37(30-35)49-52-50(38-21-13-19-36(31-38)34-16-6-2-7-17-34)54-51(53-49)39-26-28-45-43(32-39)47-46(56-45)29-27-42-41-24-10-11-25-44(41)55(48(42)47)40-22-8-3-9-23-40/h1-32,49,51H,(H,52,54)/q-1. The lowest BCUT2D eigenvalue weighted by Gasteiger charge is -2.44. The Hall–Kier alpha value is -7.21. The Morgan fingerprint density at radius 1 is 0.482 bits per heavy atom. The maximum atomic E-state index is 6.59. The molecule has 2 atom stereocenters. The highest BCUT2D eigenvalue weighted by atomic mass is 16.3. The molecule has 10 aromatic rings. The lowest BCUT2D eigenvalue weighted by Crippen LogP contribution is -2.34. The van der Waals surface area contributed by atoms with Gasteiger partial charge in [-0.3, -0.25) is 4.99 Å². The molecule has 266 valence electrons. The van der Waals surface area contributed by atoms with E-state index in [0.29, 0.717) is 0 Å². The summed E-state index contributed by atoms with van der Waals surface area (Å²) < 4.78 is 8.97. The summed E-state index contributed by atoms with van der Waals surface area (Å²) in [6.07, 6.45) is -0.800. The molecule has 0 amide bonds. The average Bonchev–Trinajstić information content (AvgIpc) is 3.82. The molecule has 5 nitrogen and oxygen atoms in total. The van der Waals surface area contributed by atoms with E-state index in [1.807, 2.05) is 12.1 Å². The summed E-state index contributed by atoms with van der Waals surface area (Å²) in [7, 11) is 0. The van der Waals surface area contributed by atoms with Gasteiger partial charge in [0.25, 0.3) is 0 Å². The molecule has 1 N–H and O–H groups in total. The third-order valence-corrected chi connectivity index (χ3v) is 11.0. The molecule has 0 bridgehead atoms. The Morgan fingerprint density at radius 3 is 1.91 bits per heavy atom. The number of aliphatic imine (C=N–C) groups is 1. The summed E-state index contributed by atoms with van der Waals surface area (Å²) in [5.41, 5.74) is 12.8. The molecule has 0 spiro atoms. The van der Waals surface area contributed by atoms with Crippen LogP contribution in [0.1, 0.15) is 29.0 Å². The first kappa shape index (κ1) is 32.2. The number of furan rings is 1. The van der Waals surface area contributed by atoms with Gasteiger partial charge in [-0.2, -0.15) is 0 Å². The summed E-state index contributed by atoms with van der Waals surface area (Å²) in [5.74, 6) is 0.807. The first-order valence-corrected chi connectivity index (χ1v) is 19.0. The maximum Gasteiger partial charge on any atom is 0.137 e. The van der Waals surface area contributed by atoms with E-state index >= 15 is 0 Å². The van der Waals surface area contributed by atoms with Gasteiger partial charge in [-0.05, 0) is 94.2 Å². The number of para-hydroxylation sites is 2. The van der Waals surface area contributed by atoms with Crippen molar-refractivity contribution < 1.29 is 4.42 Å². The number of benzene rings is 8. The predicted molar refractivity (Wildman–Crippen MR) is 230 cm³/mol. The fourth-order valence-corrected chi connectivity index (χ4v) is 8.33. The van der Waals surface area contributed by atoms with E-state index in [4.69, 9.17) is 14.7 Å². The van der Waals surface area contributed by atoms with E-state index in [9.17, 15) is 0 Å². The van der Waals surface area contributed by atoms with E-state index in [1.54, 1.807) is 0 Å². The third-order valence-electron chi connectivity index (χ3n) is 11.0. The molecule has 0 fully saturated rings. The Labute approximate surface area is 324 Å². The molecule has 3 heterocycles. The van der Waals surface area contributed by atoms with Crippen molar-refractivity contribution in [3.8, 4) is 27.9 Å². The quantitative estimate of drug-likeness (QED) is 0.186. The number of nitrogens with one attached hydrogen (secondary N) is 1. The lowest BCUT2D eigenvalue weighted by atomic mass is 9.99. The Bertz CT molecular complexity index is 3090. The second-order valence-electron chi connectivity index (χ2n) is 14.4. The van der Waals surface area contributed by atoms with E-state index in [0.717, 1.165) is 83.4 Å². The third kappa shape index (κ3) is 5.48. The van der Waals surface area contributed by atoms with E-state index in [2.05, 4.69) is 192 Å². The number of hydrogen-bond acceptors (Lipinski definition) is 3. The van der Waals surface area contributed by atoms with Crippen molar-refractivity contribution in [1.82, 2.24) is 9.88 Å². The Kier molecular flexibility index (Phi) is 7.64. The van der Waals surface area contributed by atoms with Gasteiger partial charge in [0.05, 0.1) is 16.4 Å². The monoisotopic (exact) mass is 719 g/mol. The highest BCUT2D eigenvalue weighted by Crippen LogP contribution is 2.43. The fraction of sp³-hybridized carbons (Fsp3) is 0.0392. The largest absolute Gasteiger partial charge is 0.613 e. The molecular weight excluding hydrogens is 685 g/mol. The van der Waals surface area contributed by atoms with Crippen molar-refractivity contribution in [2.24, 2.45) is 4.99 Å². The van der Waals surface area contributed by atoms with E-state index in [-0.39, 0.29) is 6.17 Å². The first-order chi connectivity index (χ1) is 27.7. The van der Waals surface area contributed by atoms with Crippen LogP contribution in [0.4, 0.5) is 0 Å². The first-order valence-electron chi connectivity index (χ1n) is 19.0. The zero-order valence-electron chi connectivity index (χ0n) is 30.4. The van der Waals surface area contributed by atoms with Crippen LogP contribution in [0.5, 0.6) is 0 Å². The summed E-state index contributed by atoms with van der Waals surface area (Å²) in [6, 6.07) is 68.2.